The molecule has 0 radical (unpaired) electrons. The average Bonchev–Trinajstić information content (AvgIpc) is 2.80. The number of benzene rings is 1. The minimum absolute atomic E-state index is 0.108. The summed E-state index contributed by atoms with van der Waals surface area (Å²) in [7, 11) is 3.83. The van der Waals surface area contributed by atoms with Gasteiger partial charge in [-0.1, -0.05) is 30.3 Å². The molecular formula is C26H35N5O2. The van der Waals surface area contributed by atoms with Crippen LogP contribution in [0.1, 0.15) is 54.2 Å². The number of hydrogen-bond donors (Lipinski definition) is 0. The van der Waals surface area contributed by atoms with Crippen LogP contribution in [-0.4, -0.2) is 71.9 Å². The number of likely N-dealkylation sites (tertiary alicyclic amines) is 1. The monoisotopic (exact) mass is 449 g/mol. The quantitative estimate of drug-likeness (QED) is 0.650. The van der Waals surface area contributed by atoms with Crippen molar-refractivity contribution in [1.82, 2.24) is 19.8 Å². The van der Waals surface area contributed by atoms with Gasteiger partial charge in [0.05, 0.1) is 6.54 Å². The molecule has 1 aromatic heterocycles. The van der Waals surface area contributed by atoms with Gasteiger partial charge in [-0.2, -0.15) is 0 Å². The van der Waals surface area contributed by atoms with E-state index in [-0.39, 0.29) is 17.7 Å². The molecule has 3 heterocycles. The van der Waals surface area contributed by atoms with E-state index in [4.69, 9.17) is 9.97 Å². The highest BCUT2D eigenvalue weighted by Crippen LogP contribution is 2.32. The summed E-state index contributed by atoms with van der Waals surface area (Å²) in [6, 6.07) is 10.4. The first-order valence-electron chi connectivity index (χ1n) is 12.1. The summed E-state index contributed by atoms with van der Waals surface area (Å²) < 4.78 is 0. The van der Waals surface area contributed by atoms with Gasteiger partial charge in [-0.25, -0.2) is 9.97 Å². The molecule has 1 saturated heterocycles. The Kier molecular flexibility index (Phi) is 7.38. The molecule has 7 nitrogen and oxygen atoms in total. The lowest BCUT2D eigenvalue weighted by Gasteiger charge is -2.34. The molecule has 0 aliphatic carbocycles. The molecule has 2 aliphatic heterocycles. The van der Waals surface area contributed by atoms with E-state index in [9.17, 15) is 9.59 Å². The maximum absolute atomic E-state index is 12.9. The first-order chi connectivity index (χ1) is 15.9. The highest BCUT2D eigenvalue weighted by atomic mass is 16.2. The fourth-order valence-electron chi connectivity index (χ4n) is 4.89. The Morgan fingerprint density at radius 3 is 2.70 bits per heavy atom. The second kappa shape index (κ2) is 10.4. The molecule has 2 aliphatic rings. The molecule has 0 spiro atoms. The number of aryl methyl sites for hydroxylation is 2. The van der Waals surface area contributed by atoms with Crippen LogP contribution < -0.4 is 4.90 Å². The van der Waals surface area contributed by atoms with E-state index >= 15 is 0 Å². The lowest BCUT2D eigenvalue weighted by atomic mass is 9.95. The zero-order valence-corrected chi connectivity index (χ0v) is 20.1. The summed E-state index contributed by atoms with van der Waals surface area (Å²) in [6.07, 6.45) is 4.95. The molecule has 4 rings (SSSR count). The second-order valence-electron chi connectivity index (χ2n) is 9.52. The van der Waals surface area contributed by atoms with Crippen LogP contribution >= 0.6 is 0 Å². The summed E-state index contributed by atoms with van der Waals surface area (Å²) in [5.74, 6) is 1.97. The summed E-state index contributed by atoms with van der Waals surface area (Å²) >= 11 is 0. The van der Waals surface area contributed by atoms with Gasteiger partial charge in [0, 0.05) is 43.2 Å². The van der Waals surface area contributed by atoms with Gasteiger partial charge in [0.2, 0.25) is 11.8 Å². The van der Waals surface area contributed by atoms with Crippen LogP contribution in [-0.2, 0) is 22.4 Å². The van der Waals surface area contributed by atoms with Crippen LogP contribution in [0.5, 0.6) is 0 Å². The fraction of sp³-hybridized carbons (Fsp3) is 0.538. The van der Waals surface area contributed by atoms with Crippen LogP contribution in [0.4, 0.5) is 5.82 Å². The van der Waals surface area contributed by atoms with E-state index in [0.717, 1.165) is 55.1 Å². The lowest BCUT2D eigenvalue weighted by molar-refractivity contribution is -0.133. The van der Waals surface area contributed by atoms with Crippen LogP contribution in [0, 0.1) is 6.92 Å². The standard InChI is InChI=1S/C26H35N5O2/c1-19-22-13-14-23(32)31(16-7-11-20-9-5-4-6-10-20)26(22)28-25(27-19)21-12-8-15-30(17-21)24(33)18-29(2)3/h4-6,9-10,21H,7-8,11-18H2,1-3H3/t21-/m1/s1. The van der Waals surface area contributed by atoms with Gasteiger partial charge >= 0.3 is 0 Å². The molecule has 2 aromatic rings. The molecule has 0 N–H and O–H groups in total. The molecule has 0 saturated carbocycles. The van der Waals surface area contributed by atoms with Crippen molar-refractivity contribution < 1.29 is 9.59 Å². The van der Waals surface area contributed by atoms with Gasteiger partial charge in [-0.15, -0.1) is 0 Å². The summed E-state index contributed by atoms with van der Waals surface area (Å²) in [6.45, 7) is 4.54. The van der Waals surface area contributed by atoms with Crippen molar-refractivity contribution in [3.63, 3.8) is 0 Å². The fourth-order valence-corrected chi connectivity index (χ4v) is 4.89. The highest BCUT2D eigenvalue weighted by Gasteiger charge is 2.31. The Hall–Kier alpha value is -2.80. The lowest BCUT2D eigenvalue weighted by Crippen LogP contribution is -2.43. The first kappa shape index (κ1) is 23.4. The Balaban J connectivity index is 1.51. The number of carbonyl (C=O) groups is 2. The Labute approximate surface area is 196 Å². The molecule has 1 atom stereocenters. The molecular weight excluding hydrogens is 414 g/mol. The molecule has 1 fully saturated rings. The van der Waals surface area contributed by atoms with Crippen molar-refractivity contribution in [2.75, 3.05) is 45.2 Å². The Morgan fingerprint density at radius 2 is 1.94 bits per heavy atom. The van der Waals surface area contributed by atoms with Gasteiger partial charge in [0.25, 0.3) is 0 Å². The third-order valence-electron chi connectivity index (χ3n) is 6.64. The minimum atomic E-state index is 0.108. The zero-order valence-electron chi connectivity index (χ0n) is 20.1. The average molecular weight is 450 g/mol. The van der Waals surface area contributed by atoms with Gasteiger partial charge in [-0.3, -0.25) is 14.5 Å². The first-order valence-corrected chi connectivity index (χ1v) is 12.1. The third-order valence-corrected chi connectivity index (χ3v) is 6.64. The third kappa shape index (κ3) is 5.58. The van der Waals surface area contributed by atoms with Crippen molar-refractivity contribution in [2.45, 2.75) is 51.4 Å². The predicted octanol–water partition coefficient (Wildman–Crippen LogP) is 2.96. The van der Waals surface area contributed by atoms with E-state index < -0.39 is 0 Å². The Morgan fingerprint density at radius 1 is 1.15 bits per heavy atom. The maximum Gasteiger partial charge on any atom is 0.236 e. The highest BCUT2D eigenvalue weighted by molar-refractivity contribution is 5.95. The van der Waals surface area contributed by atoms with Gasteiger partial charge < -0.3 is 9.80 Å². The number of piperidine rings is 1. The van der Waals surface area contributed by atoms with Gasteiger partial charge in [0.1, 0.15) is 11.6 Å². The maximum atomic E-state index is 12.9. The number of fused-ring (bicyclic) bond motifs is 1. The molecule has 1 aromatic carbocycles. The number of likely N-dealkylation sites (N-methyl/N-ethyl adjacent to an activating group) is 1. The van der Waals surface area contributed by atoms with Crippen LogP contribution in [0.25, 0.3) is 0 Å². The van der Waals surface area contributed by atoms with E-state index in [0.29, 0.717) is 32.5 Å². The van der Waals surface area contributed by atoms with E-state index in [2.05, 4.69) is 24.3 Å². The molecule has 7 heteroatoms. The van der Waals surface area contributed by atoms with Crippen LogP contribution in [0.2, 0.25) is 0 Å². The van der Waals surface area contributed by atoms with Crippen molar-refractivity contribution in [3.05, 3.63) is 53.0 Å². The molecule has 0 bridgehead atoms. The summed E-state index contributed by atoms with van der Waals surface area (Å²) in [5, 5.41) is 0. The second-order valence-corrected chi connectivity index (χ2v) is 9.52. The van der Waals surface area contributed by atoms with Crippen LogP contribution in [0.15, 0.2) is 30.3 Å². The summed E-state index contributed by atoms with van der Waals surface area (Å²) in [5.41, 5.74) is 3.34. The number of anilines is 1. The number of amides is 2. The topological polar surface area (TPSA) is 69.6 Å². The number of hydrogen-bond acceptors (Lipinski definition) is 5. The van der Waals surface area contributed by atoms with Crippen molar-refractivity contribution in [2.24, 2.45) is 0 Å². The molecule has 33 heavy (non-hydrogen) atoms. The number of rotatable bonds is 7. The van der Waals surface area contributed by atoms with Gasteiger partial charge in [0.15, 0.2) is 0 Å². The van der Waals surface area contributed by atoms with Crippen LogP contribution in [0.3, 0.4) is 0 Å². The van der Waals surface area contributed by atoms with E-state index in [1.165, 1.54) is 5.56 Å². The SMILES string of the molecule is Cc1nc([C@@H]2CCCN(C(=O)CN(C)C)C2)nc2c1CCC(=O)N2CCCc1ccccc1. The predicted molar refractivity (Wildman–Crippen MR) is 129 cm³/mol. The molecule has 2 amide bonds. The smallest absolute Gasteiger partial charge is 0.236 e. The number of carbonyl (C=O) groups excluding carboxylic acids is 2. The van der Waals surface area contributed by atoms with Gasteiger partial charge in [-0.05, 0) is 58.7 Å². The van der Waals surface area contributed by atoms with E-state index in [1.807, 2.05) is 41.8 Å². The van der Waals surface area contributed by atoms with Crippen molar-refractivity contribution in [3.8, 4) is 0 Å². The molecule has 176 valence electrons. The minimum Gasteiger partial charge on any atom is -0.341 e. The number of nitrogens with zero attached hydrogens (tertiary/aromatic N) is 5. The zero-order chi connectivity index (χ0) is 23.4. The van der Waals surface area contributed by atoms with Crippen molar-refractivity contribution >= 4 is 17.6 Å². The Bertz CT molecular complexity index is 992. The molecule has 0 unspecified atom stereocenters. The summed E-state index contributed by atoms with van der Waals surface area (Å²) in [4.78, 5) is 41.0. The largest absolute Gasteiger partial charge is 0.341 e. The van der Waals surface area contributed by atoms with E-state index in [1.54, 1.807) is 0 Å². The normalized spacial score (nSPS) is 18.5. The number of aromatic nitrogens is 2. The van der Waals surface area contributed by atoms with Crippen molar-refractivity contribution in [1.29, 1.82) is 0 Å².